The van der Waals surface area contributed by atoms with Gasteiger partial charge in [0.15, 0.2) is 0 Å². The molecule has 0 heterocycles. The topological polar surface area (TPSA) is 75.7 Å². The minimum absolute atomic E-state index is 0.0760. The third-order valence-corrected chi connectivity index (χ3v) is 7.05. The van der Waals surface area contributed by atoms with Crippen molar-refractivity contribution in [1.82, 2.24) is 4.90 Å². The Balaban J connectivity index is 1.57. The average Bonchev–Trinajstić information content (AvgIpc) is 3.64. The summed E-state index contributed by atoms with van der Waals surface area (Å²) in [6.45, 7) is 0.423. The molecule has 1 amide bonds. The van der Waals surface area contributed by atoms with Crippen LogP contribution in [0.25, 0.3) is 0 Å². The number of anilines is 1. The number of hydrogen-bond donors (Lipinski definition) is 1. The van der Waals surface area contributed by atoms with Crippen LogP contribution in [0.4, 0.5) is 10.1 Å². The highest BCUT2D eigenvalue weighted by molar-refractivity contribution is 7.92. The van der Waals surface area contributed by atoms with E-state index in [-0.39, 0.29) is 27.6 Å². The van der Waals surface area contributed by atoms with E-state index in [0.29, 0.717) is 12.1 Å². The van der Waals surface area contributed by atoms with E-state index in [2.05, 4.69) is 4.72 Å². The number of hydrogen-bond acceptors (Lipinski definition) is 4. The predicted molar refractivity (Wildman–Crippen MR) is 125 cm³/mol. The molecule has 1 aliphatic rings. The van der Waals surface area contributed by atoms with Crippen molar-refractivity contribution in [3.63, 3.8) is 0 Å². The first-order valence-corrected chi connectivity index (χ1v) is 12.1. The third-order valence-electron chi connectivity index (χ3n) is 5.34. The summed E-state index contributed by atoms with van der Waals surface area (Å²) in [6.07, 6.45) is 1.83. The minimum Gasteiger partial charge on any atom is -0.497 e. The summed E-state index contributed by atoms with van der Waals surface area (Å²) < 4.78 is 46.1. The van der Waals surface area contributed by atoms with Gasteiger partial charge in [0.1, 0.15) is 11.6 Å². The molecule has 0 atom stereocenters. The van der Waals surface area contributed by atoms with E-state index in [1.165, 1.54) is 12.1 Å². The summed E-state index contributed by atoms with van der Waals surface area (Å²) in [5.74, 6) is -0.0253. The van der Waals surface area contributed by atoms with E-state index < -0.39 is 15.8 Å². The SMILES string of the molecule is COc1ccc(CN(C(=O)c2ccc(Cl)c(NS(=O)(=O)c3ccc(F)cc3)c2)C2CC2)cc1. The first-order valence-electron chi connectivity index (χ1n) is 10.3. The molecule has 1 fully saturated rings. The van der Waals surface area contributed by atoms with Crippen molar-refractivity contribution >= 4 is 33.2 Å². The second-order valence-electron chi connectivity index (χ2n) is 7.77. The molecule has 0 bridgehead atoms. The Labute approximate surface area is 197 Å². The van der Waals surface area contributed by atoms with E-state index >= 15 is 0 Å². The molecule has 4 rings (SSSR count). The summed E-state index contributed by atoms with van der Waals surface area (Å²) in [5.41, 5.74) is 1.35. The zero-order valence-corrected chi connectivity index (χ0v) is 19.4. The summed E-state index contributed by atoms with van der Waals surface area (Å²) in [4.78, 5) is 15.0. The van der Waals surface area contributed by atoms with Gasteiger partial charge >= 0.3 is 0 Å². The molecular weight excluding hydrogens is 467 g/mol. The zero-order valence-electron chi connectivity index (χ0n) is 17.8. The van der Waals surface area contributed by atoms with Gasteiger partial charge in [0.25, 0.3) is 15.9 Å². The maximum absolute atomic E-state index is 13.3. The Morgan fingerprint density at radius 1 is 1.09 bits per heavy atom. The lowest BCUT2D eigenvalue weighted by Gasteiger charge is -2.23. The number of ether oxygens (including phenoxy) is 1. The molecule has 3 aromatic rings. The molecular formula is C24H22ClFN2O4S. The summed E-state index contributed by atoms with van der Waals surface area (Å²) in [7, 11) is -2.42. The standard InChI is InChI=1S/C24H22ClFN2O4S/c1-32-20-9-2-16(3-10-20)15-28(19-7-8-19)24(29)17-4-13-22(25)23(14-17)27-33(30,31)21-11-5-18(26)6-12-21/h2-6,9-14,19,27H,7-8,15H2,1H3. The van der Waals surface area contributed by atoms with Gasteiger partial charge in [-0.1, -0.05) is 23.7 Å². The third kappa shape index (κ3) is 5.46. The van der Waals surface area contributed by atoms with Gasteiger partial charge in [-0.25, -0.2) is 12.8 Å². The lowest BCUT2D eigenvalue weighted by molar-refractivity contribution is 0.0730. The molecule has 1 N–H and O–H groups in total. The number of methoxy groups -OCH3 is 1. The summed E-state index contributed by atoms with van der Waals surface area (Å²) >= 11 is 6.21. The van der Waals surface area contributed by atoms with Crippen LogP contribution in [-0.4, -0.2) is 32.4 Å². The fourth-order valence-electron chi connectivity index (χ4n) is 3.40. The minimum atomic E-state index is -4.01. The van der Waals surface area contributed by atoms with E-state index in [4.69, 9.17) is 16.3 Å². The van der Waals surface area contributed by atoms with Gasteiger partial charge in [0.05, 0.1) is 22.7 Å². The van der Waals surface area contributed by atoms with Gasteiger partial charge < -0.3 is 9.64 Å². The number of nitrogens with zero attached hydrogens (tertiary/aromatic N) is 1. The van der Waals surface area contributed by atoms with Crippen molar-refractivity contribution in [3.05, 3.63) is 88.7 Å². The number of carbonyl (C=O) groups is 1. The van der Waals surface area contributed by atoms with Crippen LogP contribution < -0.4 is 9.46 Å². The number of carbonyl (C=O) groups excluding carboxylic acids is 1. The van der Waals surface area contributed by atoms with Crippen molar-refractivity contribution in [3.8, 4) is 5.75 Å². The molecule has 6 nitrogen and oxygen atoms in total. The zero-order chi connectivity index (χ0) is 23.6. The highest BCUT2D eigenvalue weighted by atomic mass is 35.5. The molecule has 0 aliphatic heterocycles. The maximum atomic E-state index is 13.3. The van der Waals surface area contributed by atoms with Crippen LogP contribution in [0.5, 0.6) is 5.75 Å². The van der Waals surface area contributed by atoms with E-state index in [9.17, 15) is 17.6 Å². The smallest absolute Gasteiger partial charge is 0.261 e. The Kier molecular flexibility index (Phi) is 6.58. The molecule has 33 heavy (non-hydrogen) atoms. The van der Waals surface area contributed by atoms with Gasteiger partial charge in [-0.2, -0.15) is 0 Å². The van der Waals surface area contributed by atoms with E-state index in [0.717, 1.165) is 48.4 Å². The van der Waals surface area contributed by atoms with Gasteiger partial charge in [-0.05, 0) is 73.0 Å². The molecule has 0 saturated heterocycles. The number of sulfonamides is 1. The number of benzene rings is 3. The lowest BCUT2D eigenvalue weighted by Crippen LogP contribution is -2.32. The Morgan fingerprint density at radius 3 is 2.36 bits per heavy atom. The molecule has 9 heteroatoms. The van der Waals surface area contributed by atoms with E-state index in [1.54, 1.807) is 18.1 Å². The first kappa shape index (κ1) is 23.1. The van der Waals surface area contributed by atoms with Gasteiger partial charge in [-0.15, -0.1) is 0 Å². The molecule has 0 unspecified atom stereocenters. The molecule has 1 aliphatic carbocycles. The summed E-state index contributed by atoms with van der Waals surface area (Å²) in [5, 5.41) is 0.144. The quantitative estimate of drug-likeness (QED) is 0.479. The normalized spacial score (nSPS) is 13.4. The van der Waals surface area contributed by atoms with E-state index in [1.807, 2.05) is 24.3 Å². The second kappa shape index (κ2) is 9.41. The lowest BCUT2D eigenvalue weighted by atomic mass is 10.1. The fourth-order valence-corrected chi connectivity index (χ4v) is 4.69. The largest absolute Gasteiger partial charge is 0.497 e. The second-order valence-corrected chi connectivity index (χ2v) is 9.86. The van der Waals surface area contributed by atoms with Crippen LogP contribution in [0.2, 0.25) is 5.02 Å². The van der Waals surface area contributed by atoms with Crippen molar-refractivity contribution in [1.29, 1.82) is 0 Å². The molecule has 3 aromatic carbocycles. The van der Waals surface area contributed by atoms with Crippen LogP contribution in [0.15, 0.2) is 71.6 Å². The number of rotatable bonds is 8. The van der Waals surface area contributed by atoms with Crippen molar-refractivity contribution in [2.24, 2.45) is 0 Å². The molecule has 0 spiro atoms. The maximum Gasteiger partial charge on any atom is 0.261 e. The molecule has 172 valence electrons. The molecule has 0 radical (unpaired) electrons. The van der Waals surface area contributed by atoms with Crippen LogP contribution in [0.3, 0.4) is 0 Å². The fraction of sp³-hybridized carbons (Fsp3) is 0.208. The average molecular weight is 489 g/mol. The van der Waals surface area contributed by atoms with Crippen LogP contribution in [0.1, 0.15) is 28.8 Å². The predicted octanol–water partition coefficient (Wildman–Crippen LogP) is 5.09. The number of nitrogens with one attached hydrogen (secondary N) is 1. The van der Waals surface area contributed by atoms with Crippen LogP contribution >= 0.6 is 11.6 Å². The first-order chi connectivity index (χ1) is 15.8. The van der Waals surface area contributed by atoms with Crippen LogP contribution in [-0.2, 0) is 16.6 Å². The van der Waals surface area contributed by atoms with Crippen LogP contribution in [0, 0.1) is 5.82 Å². The Morgan fingerprint density at radius 2 is 1.76 bits per heavy atom. The van der Waals surface area contributed by atoms with Gasteiger partial charge in [-0.3, -0.25) is 9.52 Å². The highest BCUT2D eigenvalue weighted by Gasteiger charge is 2.33. The summed E-state index contributed by atoms with van der Waals surface area (Å²) in [6, 6.07) is 16.5. The van der Waals surface area contributed by atoms with Gasteiger partial charge in [0, 0.05) is 18.2 Å². The Bertz CT molecular complexity index is 1260. The number of halogens is 2. The molecule has 1 saturated carbocycles. The van der Waals surface area contributed by atoms with Crippen molar-refractivity contribution in [2.45, 2.75) is 30.3 Å². The Hall–Kier alpha value is -3.10. The van der Waals surface area contributed by atoms with Crippen molar-refractivity contribution in [2.75, 3.05) is 11.8 Å². The molecule has 0 aromatic heterocycles. The van der Waals surface area contributed by atoms with Gasteiger partial charge in [0.2, 0.25) is 0 Å². The van der Waals surface area contributed by atoms with Crippen molar-refractivity contribution < 1.29 is 22.3 Å². The number of amides is 1. The monoisotopic (exact) mass is 488 g/mol. The highest BCUT2D eigenvalue weighted by Crippen LogP contribution is 2.32.